The fraction of sp³-hybridized carbons (Fsp3) is 0.0909. The molecule has 0 spiro atoms. The van der Waals surface area contributed by atoms with Crippen molar-refractivity contribution in [2.75, 3.05) is 5.32 Å². The maximum Gasteiger partial charge on any atom is 0.417 e. The van der Waals surface area contributed by atoms with Gasteiger partial charge in [0.25, 0.3) is 0 Å². The summed E-state index contributed by atoms with van der Waals surface area (Å²) in [6.07, 6.45) is -3.56. The molecule has 2 rings (SSSR count). The summed E-state index contributed by atoms with van der Waals surface area (Å²) in [6.45, 7) is 0. The van der Waals surface area contributed by atoms with Gasteiger partial charge in [0.05, 0.1) is 16.3 Å². The highest BCUT2D eigenvalue weighted by Gasteiger charge is 2.34. The number of nitriles is 1. The van der Waals surface area contributed by atoms with E-state index < -0.39 is 16.8 Å². The first-order valence-electron chi connectivity index (χ1n) is 5.49. The predicted octanol–water partition coefficient (Wildman–Crippen LogP) is 3.50. The van der Waals surface area contributed by atoms with E-state index in [1.165, 1.54) is 6.07 Å². The smallest absolute Gasteiger partial charge is 0.359 e. The lowest BCUT2D eigenvalue weighted by atomic mass is 10.2. The summed E-state index contributed by atoms with van der Waals surface area (Å²) in [5.41, 5.74) is -1.26. The molecule has 1 heterocycles. The van der Waals surface area contributed by atoms with E-state index in [1.807, 2.05) is 0 Å². The number of rotatable bonds is 3. The Morgan fingerprint density at radius 3 is 2.64 bits per heavy atom. The van der Waals surface area contributed by atoms with Crippen LogP contribution >= 0.6 is 23.2 Å². The summed E-state index contributed by atoms with van der Waals surface area (Å²) >= 11 is 11.4. The molecule has 0 amide bonds. The summed E-state index contributed by atoms with van der Waals surface area (Å²) in [4.78, 5) is 0. The van der Waals surface area contributed by atoms with Gasteiger partial charge < -0.3 is 5.32 Å². The number of halogens is 5. The van der Waals surface area contributed by atoms with Crippen molar-refractivity contribution in [1.29, 1.82) is 5.26 Å². The maximum absolute atomic E-state index is 12.8. The predicted molar refractivity (Wildman–Crippen MR) is 72.9 cm³/mol. The molecule has 0 aliphatic heterocycles. The largest absolute Gasteiger partial charge is 0.417 e. The normalized spacial score (nSPS) is 12.1. The molecule has 0 fully saturated rings. The van der Waals surface area contributed by atoms with E-state index in [1.54, 1.807) is 6.07 Å². The minimum absolute atomic E-state index is 0.0239. The van der Waals surface area contributed by atoms with Crippen LogP contribution in [0.25, 0.3) is 5.57 Å². The highest BCUT2D eigenvalue weighted by molar-refractivity contribution is 6.36. The molecule has 0 bridgehead atoms. The second kappa shape index (κ2) is 6.21. The Labute approximate surface area is 131 Å². The zero-order chi connectivity index (χ0) is 16.3. The number of nitrogens with zero attached hydrogens (tertiary/aromatic N) is 4. The van der Waals surface area contributed by atoms with E-state index in [4.69, 9.17) is 28.5 Å². The quantitative estimate of drug-likeness (QED) is 0.828. The third-order valence-electron chi connectivity index (χ3n) is 2.42. The first kappa shape index (κ1) is 16.1. The van der Waals surface area contributed by atoms with Crippen molar-refractivity contribution < 1.29 is 13.2 Å². The molecule has 6 nitrogen and oxygen atoms in total. The van der Waals surface area contributed by atoms with Crippen molar-refractivity contribution in [2.45, 2.75) is 6.18 Å². The Bertz CT molecular complexity index is 748. The van der Waals surface area contributed by atoms with Gasteiger partial charge in [-0.05, 0) is 17.3 Å². The summed E-state index contributed by atoms with van der Waals surface area (Å²) in [5, 5.41) is 23.3. The molecule has 114 valence electrons. The fourth-order valence-electron chi connectivity index (χ4n) is 1.47. The lowest BCUT2D eigenvalue weighted by Gasteiger charge is -2.13. The second-order valence-corrected chi connectivity index (χ2v) is 4.68. The average Bonchev–Trinajstić information content (AvgIpc) is 2.95. The lowest BCUT2D eigenvalue weighted by Crippen LogP contribution is -2.07. The van der Waals surface area contributed by atoms with Gasteiger partial charge in [-0.15, -0.1) is 10.2 Å². The Hall–Kier alpha value is -2.31. The molecule has 2 N–H and O–H groups in total. The van der Waals surface area contributed by atoms with Crippen LogP contribution in [0.3, 0.4) is 0 Å². The van der Waals surface area contributed by atoms with Crippen molar-refractivity contribution in [3.8, 4) is 6.07 Å². The fourth-order valence-corrected chi connectivity index (χ4v) is 1.96. The zero-order valence-electron chi connectivity index (χ0n) is 10.4. The van der Waals surface area contributed by atoms with Gasteiger partial charge in [-0.2, -0.15) is 23.6 Å². The number of hydrogen-bond acceptors (Lipinski definition) is 5. The number of aromatic nitrogens is 4. The van der Waals surface area contributed by atoms with Crippen LogP contribution in [0.1, 0.15) is 11.4 Å². The topological polar surface area (TPSA) is 90.3 Å². The molecule has 0 radical (unpaired) electrons. The van der Waals surface area contributed by atoms with E-state index >= 15 is 0 Å². The first-order valence-corrected chi connectivity index (χ1v) is 6.25. The molecular weight excluding hydrogens is 344 g/mol. The van der Waals surface area contributed by atoms with Gasteiger partial charge in [-0.25, -0.2) is 0 Å². The molecule has 1 aromatic carbocycles. The standard InChI is InChI=1S/C11H5Cl2F3N6/c12-6-1-7(11(14,15)16)9(13)8(2-6)18-4-5(3-17)10-19-21-22-20-10/h1-2,4,18H,(H,19,20,21,22). The highest BCUT2D eigenvalue weighted by atomic mass is 35.5. The number of tetrazole rings is 1. The van der Waals surface area contributed by atoms with E-state index in [0.29, 0.717) is 6.07 Å². The number of hydrogen-bond donors (Lipinski definition) is 2. The number of anilines is 1. The summed E-state index contributed by atoms with van der Waals surface area (Å²) < 4.78 is 38.5. The lowest BCUT2D eigenvalue weighted by molar-refractivity contribution is -0.137. The Kier molecular flexibility index (Phi) is 4.54. The average molecular weight is 349 g/mol. The van der Waals surface area contributed by atoms with E-state index in [-0.39, 0.29) is 22.1 Å². The number of nitrogens with one attached hydrogen (secondary N) is 2. The molecule has 11 heteroatoms. The summed E-state index contributed by atoms with van der Waals surface area (Å²) in [5.74, 6) is -0.0239. The van der Waals surface area contributed by atoms with Gasteiger partial charge in [0.1, 0.15) is 11.6 Å². The van der Waals surface area contributed by atoms with Crippen LogP contribution in [0, 0.1) is 11.3 Å². The van der Waals surface area contributed by atoms with Crippen molar-refractivity contribution in [3.63, 3.8) is 0 Å². The van der Waals surface area contributed by atoms with Crippen LogP contribution in [-0.4, -0.2) is 20.6 Å². The van der Waals surface area contributed by atoms with Gasteiger partial charge in [0, 0.05) is 11.2 Å². The Balaban J connectivity index is 2.38. The molecule has 0 unspecified atom stereocenters. The molecule has 0 aliphatic rings. The summed E-state index contributed by atoms with van der Waals surface area (Å²) in [7, 11) is 0. The second-order valence-electron chi connectivity index (χ2n) is 3.86. The highest BCUT2D eigenvalue weighted by Crippen LogP contribution is 2.40. The van der Waals surface area contributed by atoms with Gasteiger partial charge >= 0.3 is 6.18 Å². The molecule has 1 aromatic heterocycles. The molecule has 0 saturated carbocycles. The third kappa shape index (κ3) is 3.47. The Morgan fingerprint density at radius 1 is 1.36 bits per heavy atom. The number of benzene rings is 1. The Morgan fingerprint density at radius 2 is 2.09 bits per heavy atom. The van der Waals surface area contributed by atoms with Gasteiger partial charge in [-0.3, -0.25) is 0 Å². The SMILES string of the molecule is N#CC(=CNc1cc(Cl)cc(C(F)(F)F)c1Cl)c1nn[nH]n1. The number of aromatic amines is 1. The van der Waals surface area contributed by atoms with Crippen molar-refractivity contribution >= 4 is 34.5 Å². The van der Waals surface area contributed by atoms with Gasteiger partial charge in [0.2, 0.25) is 5.82 Å². The van der Waals surface area contributed by atoms with E-state index in [0.717, 1.165) is 6.20 Å². The molecular formula is C11H5Cl2F3N6. The zero-order valence-corrected chi connectivity index (χ0v) is 11.9. The van der Waals surface area contributed by atoms with Crippen molar-refractivity contribution in [2.24, 2.45) is 0 Å². The van der Waals surface area contributed by atoms with Crippen molar-refractivity contribution in [1.82, 2.24) is 20.6 Å². The van der Waals surface area contributed by atoms with Crippen LogP contribution in [0.4, 0.5) is 18.9 Å². The number of allylic oxidation sites excluding steroid dienone is 1. The van der Waals surface area contributed by atoms with Crippen molar-refractivity contribution in [3.05, 3.63) is 39.8 Å². The molecule has 22 heavy (non-hydrogen) atoms. The monoisotopic (exact) mass is 348 g/mol. The van der Waals surface area contributed by atoms with Crippen LogP contribution in [-0.2, 0) is 6.18 Å². The van der Waals surface area contributed by atoms with Crippen LogP contribution in [0.2, 0.25) is 10.0 Å². The van der Waals surface area contributed by atoms with Crippen LogP contribution < -0.4 is 5.32 Å². The van der Waals surface area contributed by atoms with Gasteiger partial charge in [0.15, 0.2) is 0 Å². The number of H-pyrrole nitrogens is 1. The molecule has 2 aromatic rings. The minimum Gasteiger partial charge on any atom is -0.359 e. The summed E-state index contributed by atoms with van der Waals surface area (Å²) in [6, 6.07) is 3.68. The third-order valence-corrected chi connectivity index (χ3v) is 3.05. The first-order chi connectivity index (χ1) is 10.3. The molecule has 0 aliphatic carbocycles. The van der Waals surface area contributed by atoms with Crippen LogP contribution in [0.5, 0.6) is 0 Å². The van der Waals surface area contributed by atoms with Gasteiger partial charge in [-0.1, -0.05) is 23.2 Å². The maximum atomic E-state index is 12.8. The molecule has 0 saturated heterocycles. The molecule has 0 atom stereocenters. The van der Waals surface area contributed by atoms with Crippen LogP contribution in [0.15, 0.2) is 18.3 Å². The van der Waals surface area contributed by atoms with E-state index in [2.05, 4.69) is 25.9 Å². The number of alkyl halides is 3. The van der Waals surface area contributed by atoms with E-state index in [9.17, 15) is 13.2 Å². The minimum atomic E-state index is -4.66.